The van der Waals surface area contributed by atoms with Gasteiger partial charge in [0.05, 0.1) is 17.6 Å². The molecule has 0 bridgehead atoms. The van der Waals surface area contributed by atoms with Crippen molar-refractivity contribution in [2.45, 2.75) is 19.3 Å². The fourth-order valence-corrected chi connectivity index (χ4v) is 2.20. The minimum Gasteiger partial charge on any atom is -0.493 e. The maximum Gasteiger partial charge on any atom is 0.273 e. The highest BCUT2D eigenvalue weighted by Crippen LogP contribution is 2.20. The minimum absolute atomic E-state index is 0. The van der Waals surface area contributed by atoms with E-state index in [0.717, 1.165) is 19.5 Å². The van der Waals surface area contributed by atoms with Crippen LogP contribution < -0.4 is 10.1 Å². The van der Waals surface area contributed by atoms with E-state index in [1.165, 1.54) is 25.0 Å². The van der Waals surface area contributed by atoms with Gasteiger partial charge in [-0.3, -0.25) is 10.1 Å². The molecule has 5 nitrogen and oxygen atoms in total. The van der Waals surface area contributed by atoms with Crippen molar-refractivity contribution >= 4 is 18.1 Å². The number of rotatable bonds is 5. The fourth-order valence-electron chi connectivity index (χ4n) is 2.20. The van der Waals surface area contributed by atoms with Gasteiger partial charge in [0.25, 0.3) is 5.69 Å². The third-order valence-corrected chi connectivity index (χ3v) is 3.22. The van der Waals surface area contributed by atoms with Gasteiger partial charge in [-0.15, -0.1) is 12.4 Å². The first-order chi connectivity index (χ1) is 8.75. The van der Waals surface area contributed by atoms with Crippen molar-refractivity contribution in [2.24, 2.45) is 5.92 Å². The highest BCUT2D eigenvalue weighted by molar-refractivity contribution is 5.85. The van der Waals surface area contributed by atoms with Crippen molar-refractivity contribution in [1.82, 2.24) is 5.32 Å². The molecule has 1 fully saturated rings. The van der Waals surface area contributed by atoms with Crippen molar-refractivity contribution < 1.29 is 9.66 Å². The summed E-state index contributed by atoms with van der Waals surface area (Å²) in [6.07, 6.45) is 3.46. The van der Waals surface area contributed by atoms with Gasteiger partial charge in [-0.25, -0.2) is 0 Å². The van der Waals surface area contributed by atoms with Gasteiger partial charge in [0.15, 0.2) is 0 Å². The second-order valence-corrected chi connectivity index (χ2v) is 4.60. The number of hydrogen-bond acceptors (Lipinski definition) is 4. The van der Waals surface area contributed by atoms with E-state index in [1.807, 2.05) is 0 Å². The summed E-state index contributed by atoms with van der Waals surface area (Å²) in [5, 5.41) is 14.0. The van der Waals surface area contributed by atoms with Crippen LogP contribution in [0.5, 0.6) is 5.75 Å². The molecule has 1 aromatic rings. The van der Waals surface area contributed by atoms with Crippen LogP contribution in [0.25, 0.3) is 0 Å². The molecule has 106 valence electrons. The summed E-state index contributed by atoms with van der Waals surface area (Å²) in [6.45, 7) is 2.79. The smallest absolute Gasteiger partial charge is 0.273 e. The summed E-state index contributed by atoms with van der Waals surface area (Å²) in [6, 6.07) is 6.35. The molecule has 1 N–H and O–H groups in total. The summed E-state index contributed by atoms with van der Waals surface area (Å²) in [5.41, 5.74) is 0.0758. The number of nitro benzene ring substituents is 1. The molecule has 2 rings (SSSR count). The average molecular weight is 287 g/mol. The average Bonchev–Trinajstić information content (AvgIpc) is 2.40. The Balaban J connectivity index is 0.00000180. The molecular weight excluding hydrogens is 268 g/mol. The standard InChI is InChI=1S/C13H18N2O3.ClH/c16-15(17)12-4-1-5-13(9-12)18-8-6-11-3-2-7-14-10-11;/h1,4-5,9,11,14H,2-3,6-8,10H2;1H. The van der Waals surface area contributed by atoms with Crippen LogP contribution in [0.4, 0.5) is 5.69 Å². The molecule has 0 saturated carbocycles. The van der Waals surface area contributed by atoms with Crippen LogP contribution in [-0.2, 0) is 0 Å². The van der Waals surface area contributed by atoms with Gasteiger partial charge in [-0.1, -0.05) is 6.07 Å². The van der Waals surface area contributed by atoms with Crippen LogP contribution in [0.2, 0.25) is 0 Å². The monoisotopic (exact) mass is 286 g/mol. The summed E-state index contributed by atoms with van der Waals surface area (Å²) in [7, 11) is 0. The maximum absolute atomic E-state index is 10.6. The van der Waals surface area contributed by atoms with Crippen LogP contribution in [0.1, 0.15) is 19.3 Å². The quantitative estimate of drug-likeness (QED) is 0.668. The Morgan fingerprint density at radius 2 is 2.32 bits per heavy atom. The molecule has 0 amide bonds. The van der Waals surface area contributed by atoms with E-state index in [1.54, 1.807) is 12.1 Å². The van der Waals surface area contributed by atoms with Crippen molar-refractivity contribution in [2.75, 3.05) is 19.7 Å². The molecule has 1 aromatic carbocycles. The van der Waals surface area contributed by atoms with Crippen LogP contribution in [0.3, 0.4) is 0 Å². The highest BCUT2D eigenvalue weighted by atomic mass is 35.5. The molecule has 1 aliphatic heterocycles. The van der Waals surface area contributed by atoms with Crippen LogP contribution in [0, 0.1) is 16.0 Å². The summed E-state index contributed by atoms with van der Waals surface area (Å²) in [4.78, 5) is 10.2. The number of nitro groups is 1. The van der Waals surface area contributed by atoms with E-state index >= 15 is 0 Å². The zero-order valence-electron chi connectivity index (χ0n) is 10.7. The minimum atomic E-state index is -0.405. The maximum atomic E-state index is 10.6. The predicted molar refractivity (Wildman–Crippen MR) is 76.1 cm³/mol. The molecule has 0 aliphatic carbocycles. The van der Waals surface area contributed by atoms with Crippen molar-refractivity contribution in [3.63, 3.8) is 0 Å². The molecule has 19 heavy (non-hydrogen) atoms. The summed E-state index contributed by atoms with van der Waals surface area (Å²) >= 11 is 0. The van der Waals surface area contributed by atoms with Crippen LogP contribution in [0.15, 0.2) is 24.3 Å². The Hall–Kier alpha value is -1.33. The lowest BCUT2D eigenvalue weighted by atomic mass is 9.97. The van der Waals surface area contributed by atoms with Crippen molar-refractivity contribution in [3.8, 4) is 5.75 Å². The van der Waals surface area contributed by atoms with E-state index in [-0.39, 0.29) is 18.1 Å². The molecule has 0 radical (unpaired) electrons. The van der Waals surface area contributed by atoms with Crippen LogP contribution in [-0.4, -0.2) is 24.6 Å². The van der Waals surface area contributed by atoms with E-state index in [0.29, 0.717) is 18.3 Å². The molecule has 6 heteroatoms. The summed E-state index contributed by atoms with van der Waals surface area (Å²) < 4.78 is 5.57. The largest absolute Gasteiger partial charge is 0.493 e. The van der Waals surface area contributed by atoms with E-state index < -0.39 is 4.92 Å². The van der Waals surface area contributed by atoms with Crippen molar-refractivity contribution in [1.29, 1.82) is 0 Å². The molecule has 1 atom stereocenters. The number of nitrogens with zero attached hydrogens (tertiary/aromatic N) is 1. The lowest BCUT2D eigenvalue weighted by molar-refractivity contribution is -0.384. The molecule has 0 spiro atoms. The lowest BCUT2D eigenvalue weighted by Crippen LogP contribution is -2.30. The first-order valence-electron chi connectivity index (χ1n) is 6.33. The van der Waals surface area contributed by atoms with E-state index in [4.69, 9.17) is 4.74 Å². The fraction of sp³-hybridized carbons (Fsp3) is 0.538. The third kappa shape index (κ3) is 5.04. The van der Waals surface area contributed by atoms with Gasteiger partial charge in [-0.2, -0.15) is 0 Å². The third-order valence-electron chi connectivity index (χ3n) is 3.22. The highest BCUT2D eigenvalue weighted by Gasteiger charge is 2.13. The van der Waals surface area contributed by atoms with Gasteiger partial charge < -0.3 is 10.1 Å². The number of nitrogens with one attached hydrogen (secondary N) is 1. The topological polar surface area (TPSA) is 64.4 Å². The Morgan fingerprint density at radius 1 is 1.47 bits per heavy atom. The van der Waals surface area contributed by atoms with Gasteiger partial charge in [0.1, 0.15) is 5.75 Å². The van der Waals surface area contributed by atoms with Gasteiger partial charge in [0, 0.05) is 6.07 Å². The molecule has 1 aliphatic rings. The molecule has 0 aromatic heterocycles. The number of halogens is 1. The van der Waals surface area contributed by atoms with E-state index in [9.17, 15) is 10.1 Å². The van der Waals surface area contributed by atoms with Gasteiger partial charge in [-0.05, 0) is 44.3 Å². The first kappa shape index (κ1) is 15.7. The Kier molecular flexibility index (Phi) is 6.59. The number of non-ortho nitro benzene ring substituents is 1. The molecule has 1 saturated heterocycles. The van der Waals surface area contributed by atoms with Crippen molar-refractivity contribution in [3.05, 3.63) is 34.4 Å². The Morgan fingerprint density at radius 3 is 3.00 bits per heavy atom. The number of hydrogen-bond donors (Lipinski definition) is 1. The predicted octanol–water partition coefficient (Wildman–Crippen LogP) is 2.79. The second kappa shape index (κ2) is 7.96. The zero-order chi connectivity index (χ0) is 12.8. The number of piperidine rings is 1. The zero-order valence-corrected chi connectivity index (χ0v) is 11.5. The van der Waals surface area contributed by atoms with Gasteiger partial charge >= 0.3 is 0 Å². The lowest BCUT2D eigenvalue weighted by Gasteiger charge is -2.22. The number of ether oxygens (including phenoxy) is 1. The van der Waals surface area contributed by atoms with Crippen LogP contribution >= 0.6 is 12.4 Å². The number of benzene rings is 1. The Labute approximate surface area is 118 Å². The Bertz CT molecular complexity index is 409. The van der Waals surface area contributed by atoms with E-state index in [2.05, 4.69) is 5.32 Å². The second-order valence-electron chi connectivity index (χ2n) is 4.60. The molecular formula is C13H19ClN2O3. The normalized spacial score (nSPS) is 18.4. The van der Waals surface area contributed by atoms with Gasteiger partial charge in [0.2, 0.25) is 0 Å². The first-order valence-corrected chi connectivity index (χ1v) is 6.33. The summed E-state index contributed by atoms with van der Waals surface area (Å²) in [5.74, 6) is 1.24. The molecule has 1 unspecified atom stereocenters. The molecule has 1 heterocycles. The SMILES string of the molecule is Cl.O=[N+]([O-])c1cccc(OCCC2CCCNC2)c1.